The summed E-state index contributed by atoms with van der Waals surface area (Å²) in [7, 11) is -3.43. The molecule has 1 rings (SSSR count). The van der Waals surface area contributed by atoms with Crippen LogP contribution in [0, 0.1) is 5.41 Å². The molecule has 1 fully saturated rings. The molecule has 0 amide bonds. The van der Waals surface area contributed by atoms with E-state index in [0.717, 1.165) is 0 Å². The van der Waals surface area contributed by atoms with Crippen molar-refractivity contribution in [3.05, 3.63) is 0 Å². The summed E-state index contributed by atoms with van der Waals surface area (Å²) in [6.45, 7) is 6.91. The Balaban J connectivity index is 2.81. The molecule has 1 N–H and O–H groups in total. The molecule has 0 saturated carbocycles. The van der Waals surface area contributed by atoms with Crippen molar-refractivity contribution in [1.82, 2.24) is 8.61 Å². The topological polar surface area (TPSA) is 77.9 Å². The average molecular weight is 292 g/mol. The maximum absolute atomic E-state index is 12.3. The summed E-state index contributed by atoms with van der Waals surface area (Å²) >= 11 is 0. The highest BCUT2D eigenvalue weighted by Crippen LogP contribution is 2.36. The molecule has 19 heavy (non-hydrogen) atoms. The SMILES string of the molecule is CCN(CC)S(=O)(=O)N1CCC(CC)(C(=O)O)CC1. The first-order valence-corrected chi connectivity index (χ1v) is 8.22. The lowest BCUT2D eigenvalue weighted by molar-refractivity contribution is -0.151. The van der Waals surface area contributed by atoms with Gasteiger partial charge in [0.1, 0.15) is 0 Å². The molecule has 0 radical (unpaired) electrons. The quantitative estimate of drug-likeness (QED) is 0.796. The lowest BCUT2D eigenvalue weighted by atomic mass is 9.77. The van der Waals surface area contributed by atoms with Gasteiger partial charge in [0.15, 0.2) is 0 Å². The van der Waals surface area contributed by atoms with Crippen molar-refractivity contribution in [2.45, 2.75) is 40.0 Å². The summed E-state index contributed by atoms with van der Waals surface area (Å²) in [6.07, 6.45) is 1.32. The van der Waals surface area contributed by atoms with E-state index in [0.29, 0.717) is 45.4 Å². The smallest absolute Gasteiger partial charge is 0.309 e. The summed E-state index contributed by atoms with van der Waals surface area (Å²) in [5.41, 5.74) is -0.755. The van der Waals surface area contributed by atoms with Gasteiger partial charge in [-0.25, -0.2) is 0 Å². The molecule has 7 heteroatoms. The predicted molar refractivity (Wildman–Crippen MR) is 73.0 cm³/mol. The van der Waals surface area contributed by atoms with E-state index in [9.17, 15) is 18.3 Å². The molecular formula is C12H24N2O4S. The summed E-state index contributed by atoms with van der Waals surface area (Å²) in [5.74, 6) is -0.810. The van der Waals surface area contributed by atoms with Crippen LogP contribution in [0.4, 0.5) is 0 Å². The second kappa shape index (κ2) is 6.19. The standard InChI is InChI=1S/C12H24N2O4S/c1-4-12(11(15)16)7-9-14(10-8-12)19(17,18)13(5-2)6-3/h4-10H2,1-3H3,(H,15,16). The fourth-order valence-electron chi connectivity index (χ4n) is 2.58. The van der Waals surface area contributed by atoms with Gasteiger partial charge in [-0.2, -0.15) is 17.0 Å². The first-order valence-electron chi connectivity index (χ1n) is 6.82. The Bertz CT molecular complexity index is 409. The average Bonchev–Trinajstić information content (AvgIpc) is 2.39. The molecule has 1 heterocycles. The maximum Gasteiger partial charge on any atom is 0.309 e. The molecule has 0 aromatic carbocycles. The van der Waals surface area contributed by atoms with E-state index in [2.05, 4.69) is 0 Å². The van der Waals surface area contributed by atoms with Crippen LogP contribution in [0.5, 0.6) is 0 Å². The Morgan fingerprint density at radius 1 is 1.21 bits per heavy atom. The van der Waals surface area contributed by atoms with Crippen LogP contribution in [0.25, 0.3) is 0 Å². The molecule has 6 nitrogen and oxygen atoms in total. The fraction of sp³-hybridized carbons (Fsp3) is 0.917. The van der Waals surface area contributed by atoms with Gasteiger partial charge in [0.05, 0.1) is 5.41 Å². The molecule has 0 atom stereocenters. The third-order valence-corrected chi connectivity index (χ3v) is 6.35. The number of hydrogen-bond acceptors (Lipinski definition) is 3. The van der Waals surface area contributed by atoms with Crippen molar-refractivity contribution >= 4 is 16.2 Å². The van der Waals surface area contributed by atoms with E-state index in [-0.39, 0.29) is 0 Å². The first-order chi connectivity index (χ1) is 8.84. The second-order valence-electron chi connectivity index (χ2n) is 4.93. The lowest BCUT2D eigenvalue weighted by Crippen LogP contribution is -2.50. The van der Waals surface area contributed by atoms with Crippen LogP contribution < -0.4 is 0 Å². The van der Waals surface area contributed by atoms with E-state index in [1.165, 1.54) is 8.61 Å². The molecular weight excluding hydrogens is 268 g/mol. The first kappa shape index (κ1) is 16.4. The fourth-order valence-corrected chi connectivity index (χ4v) is 4.20. The monoisotopic (exact) mass is 292 g/mol. The van der Waals surface area contributed by atoms with Crippen LogP contribution in [0.2, 0.25) is 0 Å². The highest BCUT2D eigenvalue weighted by molar-refractivity contribution is 7.86. The van der Waals surface area contributed by atoms with Crippen molar-refractivity contribution in [3.8, 4) is 0 Å². The van der Waals surface area contributed by atoms with E-state index in [1.807, 2.05) is 6.92 Å². The van der Waals surface area contributed by atoms with Crippen LogP contribution in [-0.2, 0) is 15.0 Å². The van der Waals surface area contributed by atoms with Gasteiger partial charge < -0.3 is 5.11 Å². The molecule has 0 spiro atoms. The summed E-state index contributed by atoms with van der Waals surface area (Å²) in [4.78, 5) is 11.3. The van der Waals surface area contributed by atoms with Crippen molar-refractivity contribution in [2.75, 3.05) is 26.2 Å². The third-order valence-electron chi connectivity index (χ3n) is 4.17. The number of aliphatic carboxylic acids is 1. The normalized spacial score (nSPS) is 20.6. The third kappa shape index (κ3) is 3.09. The minimum Gasteiger partial charge on any atom is -0.481 e. The van der Waals surface area contributed by atoms with Crippen LogP contribution in [0.3, 0.4) is 0 Å². The highest BCUT2D eigenvalue weighted by Gasteiger charge is 2.43. The Hall–Kier alpha value is -0.660. The number of nitrogens with zero attached hydrogens (tertiary/aromatic N) is 2. The zero-order valence-electron chi connectivity index (χ0n) is 11.9. The number of carbonyl (C=O) groups is 1. The van der Waals surface area contributed by atoms with E-state index >= 15 is 0 Å². The molecule has 0 bridgehead atoms. The summed E-state index contributed by atoms with van der Waals surface area (Å²) in [6, 6.07) is 0. The molecule has 1 saturated heterocycles. The van der Waals surface area contributed by atoms with Gasteiger partial charge in [-0.05, 0) is 19.3 Å². The number of carboxylic acid groups (broad SMARTS) is 1. The zero-order valence-corrected chi connectivity index (χ0v) is 12.7. The number of hydrogen-bond donors (Lipinski definition) is 1. The van der Waals surface area contributed by atoms with Gasteiger partial charge in [-0.15, -0.1) is 0 Å². The second-order valence-corrected chi connectivity index (χ2v) is 6.86. The molecule has 0 unspecified atom stereocenters. The van der Waals surface area contributed by atoms with Crippen molar-refractivity contribution in [3.63, 3.8) is 0 Å². The molecule has 112 valence electrons. The number of rotatable bonds is 6. The Labute approximate surface area is 115 Å². The summed E-state index contributed by atoms with van der Waals surface area (Å²) in [5, 5.41) is 9.30. The predicted octanol–water partition coefficient (Wildman–Crippen LogP) is 1.15. The highest BCUT2D eigenvalue weighted by atomic mass is 32.2. The minimum atomic E-state index is -3.43. The zero-order chi connectivity index (χ0) is 14.7. The molecule has 1 aliphatic rings. The lowest BCUT2D eigenvalue weighted by Gasteiger charge is -2.39. The number of carboxylic acids is 1. The van der Waals surface area contributed by atoms with Crippen molar-refractivity contribution in [1.29, 1.82) is 0 Å². The molecule has 0 aromatic heterocycles. The van der Waals surface area contributed by atoms with Crippen LogP contribution in [0.15, 0.2) is 0 Å². The Kier molecular flexibility index (Phi) is 5.34. The number of piperidine rings is 1. The van der Waals surface area contributed by atoms with E-state index in [1.54, 1.807) is 13.8 Å². The largest absolute Gasteiger partial charge is 0.481 e. The van der Waals surface area contributed by atoms with Gasteiger partial charge in [0.25, 0.3) is 10.2 Å². The Morgan fingerprint density at radius 3 is 2.00 bits per heavy atom. The van der Waals surface area contributed by atoms with Crippen LogP contribution >= 0.6 is 0 Å². The molecule has 0 aromatic rings. The van der Waals surface area contributed by atoms with E-state index in [4.69, 9.17) is 0 Å². The molecule has 1 aliphatic heterocycles. The van der Waals surface area contributed by atoms with Crippen molar-refractivity contribution < 1.29 is 18.3 Å². The van der Waals surface area contributed by atoms with Gasteiger partial charge in [-0.1, -0.05) is 20.8 Å². The maximum atomic E-state index is 12.3. The summed E-state index contributed by atoms with van der Waals surface area (Å²) < 4.78 is 27.5. The Morgan fingerprint density at radius 2 is 1.68 bits per heavy atom. The van der Waals surface area contributed by atoms with Crippen molar-refractivity contribution in [2.24, 2.45) is 5.41 Å². The molecule has 0 aliphatic carbocycles. The van der Waals surface area contributed by atoms with E-state index < -0.39 is 21.6 Å². The minimum absolute atomic E-state index is 0.291. The van der Waals surface area contributed by atoms with Crippen LogP contribution in [-0.4, -0.2) is 54.3 Å². The van der Waals surface area contributed by atoms with Gasteiger partial charge in [0, 0.05) is 26.2 Å². The van der Waals surface area contributed by atoms with Gasteiger partial charge in [-0.3, -0.25) is 4.79 Å². The van der Waals surface area contributed by atoms with Crippen LogP contribution in [0.1, 0.15) is 40.0 Å². The van der Waals surface area contributed by atoms with Gasteiger partial charge >= 0.3 is 5.97 Å². The van der Waals surface area contributed by atoms with Gasteiger partial charge in [0.2, 0.25) is 0 Å².